The van der Waals surface area contributed by atoms with Crippen LogP contribution in [-0.2, 0) is 17.7 Å². The molecule has 0 aliphatic carbocycles. The third-order valence-corrected chi connectivity index (χ3v) is 5.43. The molecule has 1 aliphatic rings. The molecule has 136 valence electrons. The Morgan fingerprint density at radius 1 is 1.23 bits per heavy atom. The molecule has 2 heterocycles. The number of ether oxygens (including phenoxy) is 1. The van der Waals surface area contributed by atoms with Crippen LogP contribution in [0.25, 0.3) is 0 Å². The Hall–Kier alpha value is -2.71. The van der Waals surface area contributed by atoms with E-state index in [1.165, 1.54) is 30.6 Å². The van der Waals surface area contributed by atoms with Gasteiger partial charge in [0.1, 0.15) is 5.00 Å². The summed E-state index contributed by atoms with van der Waals surface area (Å²) in [5.41, 5.74) is 7.16. The highest BCUT2D eigenvalue weighted by Gasteiger charge is 2.27. The van der Waals surface area contributed by atoms with Crippen LogP contribution in [0.5, 0.6) is 0 Å². The van der Waals surface area contributed by atoms with Crippen molar-refractivity contribution in [2.45, 2.75) is 13.0 Å². The lowest BCUT2D eigenvalue weighted by Gasteiger charge is -2.22. The topological polar surface area (TPSA) is 102 Å². The van der Waals surface area contributed by atoms with Crippen LogP contribution in [-0.4, -0.2) is 43.4 Å². The fraction of sp³-hybridized carbons (Fsp3) is 0.278. The fourth-order valence-corrected chi connectivity index (χ4v) is 4.35. The van der Waals surface area contributed by atoms with Crippen molar-refractivity contribution in [3.63, 3.8) is 0 Å². The summed E-state index contributed by atoms with van der Waals surface area (Å²) in [6, 6.07) is 6.36. The largest absolute Gasteiger partial charge is 0.465 e. The molecule has 0 spiro atoms. The van der Waals surface area contributed by atoms with Gasteiger partial charge in [-0.2, -0.15) is 0 Å². The zero-order valence-electron chi connectivity index (χ0n) is 14.5. The first-order valence-corrected chi connectivity index (χ1v) is 8.85. The Bertz CT molecular complexity index is 891. The fourth-order valence-electron chi connectivity index (χ4n) is 3.02. The molecule has 1 aromatic heterocycles. The second-order valence-electron chi connectivity index (χ2n) is 6.05. The molecule has 0 unspecified atom stereocenters. The highest BCUT2D eigenvalue weighted by atomic mass is 32.1. The maximum absolute atomic E-state index is 12.7. The zero-order chi connectivity index (χ0) is 18.8. The van der Waals surface area contributed by atoms with Gasteiger partial charge in [0.2, 0.25) is 0 Å². The number of fused-ring (bicyclic) bond motifs is 1. The molecule has 3 N–H and O–H groups in total. The van der Waals surface area contributed by atoms with Crippen molar-refractivity contribution in [3.8, 4) is 0 Å². The van der Waals surface area contributed by atoms with Crippen LogP contribution in [0.4, 0.5) is 5.00 Å². The van der Waals surface area contributed by atoms with Crippen molar-refractivity contribution in [2.75, 3.05) is 26.0 Å². The quantitative estimate of drug-likeness (QED) is 0.797. The maximum atomic E-state index is 12.7. The van der Waals surface area contributed by atoms with Crippen LogP contribution in [0.2, 0.25) is 0 Å². The highest BCUT2D eigenvalue weighted by Crippen LogP contribution is 2.36. The molecule has 2 amide bonds. The van der Waals surface area contributed by atoms with E-state index in [9.17, 15) is 14.4 Å². The summed E-state index contributed by atoms with van der Waals surface area (Å²) in [4.78, 5) is 39.7. The van der Waals surface area contributed by atoms with E-state index in [1.54, 1.807) is 12.1 Å². The van der Waals surface area contributed by atoms with Gasteiger partial charge >= 0.3 is 5.97 Å². The first kappa shape index (κ1) is 18.1. The molecule has 1 aliphatic heterocycles. The second kappa shape index (κ2) is 7.27. The Labute approximate surface area is 154 Å². The Morgan fingerprint density at radius 2 is 1.92 bits per heavy atom. The minimum Gasteiger partial charge on any atom is -0.465 e. The predicted molar refractivity (Wildman–Crippen MR) is 98.6 cm³/mol. The zero-order valence-corrected chi connectivity index (χ0v) is 15.3. The summed E-state index contributed by atoms with van der Waals surface area (Å²) in [5.74, 6) is -1.65. The number of rotatable bonds is 4. The van der Waals surface area contributed by atoms with Gasteiger partial charge in [-0.15, -0.1) is 11.3 Å². The first-order valence-electron chi connectivity index (χ1n) is 8.04. The first-order chi connectivity index (χ1) is 12.4. The monoisotopic (exact) mass is 373 g/mol. The van der Waals surface area contributed by atoms with E-state index in [0.717, 1.165) is 17.0 Å². The number of benzene rings is 1. The minimum atomic E-state index is -0.599. The van der Waals surface area contributed by atoms with Crippen molar-refractivity contribution in [2.24, 2.45) is 5.73 Å². The Kier molecular flexibility index (Phi) is 5.06. The molecule has 0 radical (unpaired) electrons. The molecule has 0 fully saturated rings. The molecule has 1 aromatic carbocycles. The van der Waals surface area contributed by atoms with Crippen molar-refractivity contribution < 1.29 is 19.1 Å². The predicted octanol–water partition coefficient (Wildman–Crippen LogP) is 1.87. The Morgan fingerprint density at radius 3 is 2.58 bits per heavy atom. The molecule has 8 heteroatoms. The van der Waals surface area contributed by atoms with Gasteiger partial charge in [0, 0.05) is 18.0 Å². The summed E-state index contributed by atoms with van der Waals surface area (Å²) in [5, 5.41) is 3.17. The van der Waals surface area contributed by atoms with Crippen molar-refractivity contribution in [1.82, 2.24) is 4.90 Å². The molecular formula is C18H19N3O4S. The number of hydrogen-bond donors (Lipinski definition) is 2. The van der Waals surface area contributed by atoms with E-state index in [1.807, 2.05) is 7.05 Å². The molecule has 2 aromatic rings. The summed E-state index contributed by atoms with van der Waals surface area (Å²) >= 11 is 1.35. The maximum Gasteiger partial charge on any atom is 0.338 e. The van der Waals surface area contributed by atoms with E-state index in [0.29, 0.717) is 23.5 Å². The van der Waals surface area contributed by atoms with Crippen LogP contribution in [0.1, 0.15) is 41.5 Å². The third kappa shape index (κ3) is 3.33. The van der Waals surface area contributed by atoms with Gasteiger partial charge in [-0.25, -0.2) is 4.79 Å². The third-order valence-electron chi connectivity index (χ3n) is 4.30. The summed E-state index contributed by atoms with van der Waals surface area (Å²) in [6.45, 7) is 1.53. The van der Waals surface area contributed by atoms with Gasteiger partial charge < -0.3 is 20.7 Å². The SMILES string of the molecule is COC(=O)c1ccccc1C(=O)Nc1sc2c(c1C(N)=O)CCN(C)C2. The second-order valence-corrected chi connectivity index (χ2v) is 7.16. The molecular weight excluding hydrogens is 354 g/mol. The van der Waals surface area contributed by atoms with E-state index >= 15 is 0 Å². The van der Waals surface area contributed by atoms with Gasteiger partial charge in [-0.05, 0) is 31.2 Å². The number of primary amides is 1. The van der Waals surface area contributed by atoms with Gasteiger partial charge in [-0.3, -0.25) is 9.59 Å². The van der Waals surface area contributed by atoms with Gasteiger partial charge in [0.15, 0.2) is 0 Å². The van der Waals surface area contributed by atoms with Crippen molar-refractivity contribution >= 4 is 34.1 Å². The lowest BCUT2D eigenvalue weighted by molar-refractivity contribution is 0.0597. The van der Waals surface area contributed by atoms with E-state index in [-0.39, 0.29) is 11.1 Å². The Balaban J connectivity index is 1.96. The molecule has 0 bridgehead atoms. The van der Waals surface area contributed by atoms with E-state index in [4.69, 9.17) is 10.5 Å². The molecule has 3 rings (SSSR count). The average Bonchev–Trinajstić information content (AvgIpc) is 2.97. The number of anilines is 1. The number of amides is 2. The van der Waals surface area contributed by atoms with Crippen LogP contribution < -0.4 is 11.1 Å². The highest BCUT2D eigenvalue weighted by molar-refractivity contribution is 7.17. The number of carbonyl (C=O) groups is 3. The summed E-state index contributed by atoms with van der Waals surface area (Å²) in [7, 11) is 3.25. The molecule has 0 saturated heterocycles. The molecule has 0 atom stereocenters. The normalized spacial score (nSPS) is 13.8. The molecule has 7 nitrogen and oxygen atoms in total. The molecule has 0 saturated carbocycles. The number of hydrogen-bond acceptors (Lipinski definition) is 6. The number of esters is 1. The summed E-state index contributed by atoms with van der Waals surface area (Å²) in [6.07, 6.45) is 0.704. The standard InChI is InChI=1S/C18H19N3O4S/c1-21-8-7-12-13(9-21)26-17(14(12)15(19)22)20-16(23)10-5-3-4-6-11(10)18(24)25-2/h3-6H,7-9H2,1-2H3,(H2,19,22)(H,20,23). The van der Waals surface area contributed by atoms with Gasteiger partial charge in [0.25, 0.3) is 11.8 Å². The van der Waals surface area contributed by atoms with Crippen LogP contribution in [0.3, 0.4) is 0 Å². The minimum absolute atomic E-state index is 0.161. The number of thiophene rings is 1. The van der Waals surface area contributed by atoms with Gasteiger partial charge in [-0.1, -0.05) is 12.1 Å². The number of nitrogens with zero attached hydrogens (tertiary/aromatic N) is 1. The van der Waals surface area contributed by atoms with Crippen LogP contribution in [0, 0.1) is 0 Å². The van der Waals surface area contributed by atoms with E-state index < -0.39 is 17.8 Å². The number of carbonyl (C=O) groups excluding carboxylic acids is 3. The van der Waals surface area contributed by atoms with Gasteiger partial charge in [0.05, 0.1) is 23.8 Å². The number of nitrogens with two attached hydrogens (primary N) is 1. The van der Waals surface area contributed by atoms with Crippen molar-refractivity contribution in [1.29, 1.82) is 0 Å². The lowest BCUT2D eigenvalue weighted by Crippen LogP contribution is -2.27. The number of methoxy groups -OCH3 is 1. The van der Waals surface area contributed by atoms with Crippen molar-refractivity contribution in [3.05, 3.63) is 51.4 Å². The molecule has 26 heavy (non-hydrogen) atoms. The summed E-state index contributed by atoms with van der Waals surface area (Å²) < 4.78 is 4.72. The lowest BCUT2D eigenvalue weighted by atomic mass is 10.0. The van der Waals surface area contributed by atoms with Crippen LogP contribution >= 0.6 is 11.3 Å². The number of likely N-dealkylation sites (N-methyl/N-ethyl adjacent to an activating group) is 1. The van der Waals surface area contributed by atoms with E-state index in [2.05, 4.69) is 10.2 Å². The smallest absolute Gasteiger partial charge is 0.338 e. The van der Waals surface area contributed by atoms with Crippen LogP contribution in [0.15, 0.2) is 24.3 Å². The number of nitrogens with one attached hydrogen (secondary N) is 1. The average molecular weight is 373 g/mol.